The van der Waals surface area contributed by atoms with Gasteiger partial charge in [-0.05, 0) is 37.0 Å². The van der Waals surface area contributed by atoms with Gasteiger partial charge in [0.25, 0.3) is 0 Å². The predicted octanol–water partition coefficient (Wildman–Crippen LogP) is 2.00. The van der Waals surface area contributed by atoms with E-state index in [0.29, 0.717) is 36.9 Å². The topological polar surface area (TPSA) is 86.8 Å². The first-order valence-corrected chi connectivity index (χ1v) is 11.5. The Morgan fingerprint density at radius 3 is 2.93 bits per heavy atom. The molecule has 0 spiro atoms. The van der Waals surface area contributed by atoms with E-state index in [9.17, 15) is 18.0 Å². The lowest BCUT2D eigenvalue weighted by molar-refractivity contribution is -0.132. The van der Waals surface area contributed by atoms with Gasteiger partial charge in [0, 0.05) is 37.2 Å². The fraction of sp³-hybridized carbons (Fsp3) is 0.556. The van der Waals surface area contributed by atoms with E-state index in [2.05, 4.69) is 12.2 Å². The predicted molar refractivity (Wildman–Crippen MR) is 105 cm³/mol. The van der Waals surface area contributed by atoms with Crippen molar-refractivity contribution < 1.29 is 18.0 Å². The van der Waals surface area contributed by atoms with Crippen molar-refractivity contribution >= 4 is 39.3 Å². The van der Waals surface area contributed by atoms with E-state index in [-0.39, 0.29) is 23.3 Å². The van der Waals surface area contributed by atoms with E-state index in [1.165, 1.54) is 30.9 Å². The van der Waals surface area contributed by atoms with Crippen LogP contribution in [0.2, 0.25) is 0 Å². The van der Waals surface area contributed by atoms with Crippen molar-refractivity contribution in [1.82, 2.24) is 9.21 Å². The third-order valence-electron chi connectivity index (χ3n) is 4.89. The Hall–Kier alpha value is -1.58. The second-order valence-corrected chi connectivity index (χ2v) is 10.3. The molecule has 0 aromatic heterocycles. The fourth-order valence-corrected chi connectivity index (χ4v) is 5.41. The summed E-state index contributed by atoms with van der Waals surface area (Å²) in [5, 5.41) is 2.75. The Morgan fingerprint density at radius 2 is 2.19 bits per heavy atom. The van der Waals surface area contributed by atoms with Gasteiger partial charge in [0.05, 0.1) is 17.1 Å². The number of piperidine rings is 1. The zero-order valence-electron chi connectivity index (χ0n) is 15.6. The van der Waals surface area contributed by atoms with E-state index < -0.39 is 10.0 Å². The first kappa shape index (κ1) is 20.2. The second-order valence-electron chi connectivity index (χ2n) is 7.15. The van der Waals surface area contributed by atoms with Crippen LogP contribution >= 0.6 is 11.8 Å². The van der Waals surface area contributed by atoms with Crippen molar-refractivity contribution in [3.05, 3.63) is 18.2 Å². The molecule has 7 nitrogen and oxygen atoms in total. The molecule has 9 heteroatoms. The van der Waals surface area contributed by atoms with Gasteiger partial charge < -0.3 is 10.2 Å². The van der Waals surface area contributed by atoms with Crippen molar-refractivity contribution in [2.45, 2.75) is 36.0 Å². The first-order chi connectivity index (χ1) is 12.8. The molecule has 1 N–H and O–H groups in total. The summed E-state index contributed by atoms with van der Waals surface area (Å²) < 4.78 is 26.9. The minimum atomic E-state index is -3.82. The van der Waals surface area contributed by atoms with Crippen molar-refractivity contribution in [2.75, 3.05) is 37.8 Å². The highest BCUT2D eigenvalue weighted by Gasteiger charge is 2.28. The van der Waals surface area contributed by atoms with Crippen LogP contribution in [0.25, 0.3) is 0 Å². The summed E-state index contributed by atoms with van der Waals surface area (Å²) in [7, 11) is -2.41. The number of thioether (sulfide) groups is 1. The van der Waals surface area contributed by atoms with Gasteiger partial charge in [-0.15, -0.1) is 11.8 Å². The maximum atomic E-state index is 12.9. The molecular weight excluding hydrogens is 386 g/mol. The van der Waals surface area contributed by atoms with E-state index in [1.807, 2.05) is 0 Å². The molecule has 148 valence electrons. The monoisotopic (exact) mass is 411 g/mol. The maximum absolute atomic E-state index is 12.9. The molecule has 0 aliphatic carbocycles. The third-order valence-corrected chi connectivity index (χ3v) is 7.76. The van der Waals surface area contributed by atoms with Crippen LogP contribution in [0.3, 0.4) is 0 Å². The van der Waals surface area contributed by atoms with Crippen molar-refractivity contribution in [1.29, 1.82) is 0 Å². The Labute approximate surface area is 164 Å². The van der Waals surface area contributed by atoms with Gasteiger partial charge in [0.15, 0.2) is 0 Å². The van der Waals surface area contributed by atoms with E-state index in [4.69, 9.17) is 0 Å². The first-order valence-electron chi connectivity index (χ1n) is 9.08. The summed E-state index contributed by atoms with van der Waals surface area (Å²) >= 11 is 1.52. The number of likely N-dealkylation sites (N-methyl/N-ethyl adjacent to an activating group) is 1. The SMILES string of the molecule is CC1CCCN(C(=O)CN(C)S(=O)(=O)c2ccc3c(c2)NC(=O)CCS3)C1. The number of nitrogens with one attached hydrogen (secondary N) is 1. The molecule has 0 saturated carbocycles. The second kappa shape index (κ2) is 8.20. The van der Waals surface area contributed by atoms with Crippen molar-refractivity contribution in [3.8, 4) is 0 Å². The number of fused-ring (bicyclic) bond motifs is 1. The molecule has 1 saturated heterocycles. The Morgan fingerprint density at radius 1 is 1.41 bits per heavy atom. The van der Waals surface area contributed by atoms with Gasteiger partial charge in [-0.2, -0.15) is 4.31 Å². The number of benzene rings is 1. The Balaban J connectivity index is 1.75. The number of nitrogens with zero attached hydrogens (tertiary/aromatic N) is 2. The van der Waals surface area contributed by atoms with E-state index in [1.54, 1.807) is 11.0 Å². The zero-order chi connectivity index (χ0) is 19.6. The highest BCUT2D eigenvalue weighted by Crippen LogP contribution is 2.33. The molecule has 27 heavy (non-hydrogen) atoms. The number of hydrogen-bond donors (Lipinski definition) is 1. The number of likely N-dealkylation sites (tertiary alicyclic amines) is 1. The van der Waals surface area contributed by atoms with E-state index >= 15 is 0 Å². The number of carbonyl (C=O) groups excluding carboxylic acids is 2. The summed E-state index contributed by atoms with van der Waals surface area (Å²) in [6.07, 6.45) is 2.44. The molecule has 1 atom stereocenters. The summed E-state index contributed by atoms with van der Waals surface area (Å²) in [6, 6.07) is 4.72. The Bertz CT molecular complexity index is 841. The molecule has 1 unspecified atom stereocenters. The van der Waals surface area contributed by atoms with Crippen molar-refractivity contribution in [2.24, 2.45) is 5.92 Å². The molecule has 3 rings (SSSR count). The molecule has 1 fully saturated rings. The van der Waals surface area contributed by atoms with E-state index in [0.717, 1.165) is 22.0 Å². The summed E-state index contributed by atoms with van der Waals surface area (Å²) in [4.78, 5) is 26.9. The smallest absolute Gasteiger partial charge is 0.243 e. The van der Waals surface area contributed by atoms with Gasteiger partial charge in [0.1, 0.15) is 0 Å². The van der Waals surface area contributed by atoms with Crippen LogP contribution in [0.1, 0.15) is 26.2 Å². The third kappa shape index (κ3) is 4.64. The lowest BCUT2D eigenvalue weighted by Crippen LogP contribution is -2.45. The van der Waals surface area contributed by atoms with Crippen LogP contribution in [0.4, 0.5) is 5.69 Å². The van der Waals surface area contributed by atoms with Crippen LogP contribution in [0, 0.1) is 5.92 Å². The number of rotatable bonds is 4. The van der Waals surface area contributed by atoms with Gasteiger partial charge >= 0.3 is 0 Å². The number of sulfonamides is 1. The van der Waals surface area contributed by atoms with Crippen LogP contribution in [0.5, 0.6) is 0 Å². The summed E-state index contributed by atoms with van der Waals surface area (Å²) in [5.41, 5.74) is 0.508. The summed E-state index contributed by atoms with van der Waals surface area (Å²) in [6.45, 7) is 3.27. The lowest BCUT2D eigenvalue weighted by atomic mass is 10.0. The number of anilines is 1. The normalized spacial score (nSPS) is 20.8. The van der Waals surface area contributed by atoms with Gasteiger partial charge in [-0.3, -0.25) is 9.59 Å². The highest BCUT2D eigenvalue weighted by molar-refractivity contribution is 7.99. The largest absolute Gasteiger partial charge is 0.341 e. The quantitative estimate of drug-likeness (QED) is 0.819. The molecule has 2 amide bonds. The van der Waals surface area contributed by atoms with Crippen LogP contribution in [0.15, 0.2) is 28.0 Å². The average molecular weight is 412 g/mol. The molecule has 1 aromatic carbocycles. The lowest BCUT2D eigenvalue weighted by Gasteiger charge is -2.32. The highest BCUT2D eigenvalue weighted by atomic mass is 32.2. The van der Waals surface area contributed by atoms with Crippen molar-refractivity contribution in [3.63, 3.8) is 0 Å². The fourth-order valence-electron chi connectivity index (χ4n) is 3.33. The number of hydrogen-bond acceptors (Lipinski definition) is 5. The minimum absolute atomic E-state index is 0.0753. The minimum Gasteiger partial charge on any atom is -0.341 e. The molecule has 2 aliphatic heterocycles. The Kier molecular flexibility index (Phi) is 6.12. The van der Waals surface area contributed by atoms with Gasteiger partial charge in [0.2, 0.25) is 21.8 Å². The van der Waals surface area contributed by atoms with Gasteiger partial charge in [-0.1, -0.05) is 6.92 Å². The standard InChI is InChI=1S/C18H25N3O4S2/c1-13-4-3-8-21(11-13)18(23)12-20(2)27(24,25)14-5-6-16-15(10-14)19-17(22)7-9-26-16/h5-6,10,13H,3-4,7-9,11-12H2,1-2H3,(H,19,22). The molecule has 2 aliphatic rings. The molecular formula is C18H25N3O4S2. The summed E-state index contributed by atoms with van der Waals surface area (Å²) in [5.74, 6) is 0.799. The zero-order valence-corrected chi connectivity index (χ0v) is 17.2. The molecule has 2 heterocycles. The molecule has 0 bridgehead atoms. The maximum Gasteiger partial charge on any atom is 0.243 e. The van der Waals surface area contributed by atoms with Crippen LogP contribution in [-0.2, 0) is 19.6 Å². The molecule has 0 radical (unpaired) electrons. The number of carbonyl (C=O) groups is 2. The van der Waals surface area contributed by atoms with Crippen LogP contribution < -0.4 is 5.32 Å². The number of amides is 2. The van der Waals surface area contributed by atoms with Crippen LogP contribution in [-0.4, -0.2) is 61.9 Å². The molecule has 1 aromatic rings. The average Bonchev–Trinajstić information content (AvgIpc) is 2.81. The van der Waals surface area contributed by atoms with Gasteiger partial charge in [-0.25, -0.2) is 8.42 Å².